The van der Waals surface area contributed by atoms with Crippen LogP contribution in [0.15, 0.2) is 28.8 Å². The van der Waals surface area contributed by atoms with Crippen molar-refractivity contribution < 1.29 is 9.32 Å². The van der Waals surface area contributed by atoms with Crippen molar-refractivity contribution in [2.75, 3.05) is 5.32 Å². The first kappa shape index (κ1) is 14.6. The van der Waals surface area contributed by atoms with Crippen molar-refractivity contribution >= 4 is 11.6 Å². The van der Waals surface area contributed by atoms with Crippen LogP contribution in [0.5, 0.6) is 0 Å². The normalized spacial score (nSPS) is 15.0. The molecular formula is C16H20N4O2. The summed E-state index contributed by atoms with van der Waals surface area (Å²) in [6.45, 7) is 2.17. The van der Waals surface area contributed by atoms with Gasteiger partial charge in [-0.3, -0.25) is 4.79 Å². The average molecular weight is 300 g/mol. The van der Waals surface area contributed by atoms with E-state index in [1.54, 1.807) is 6.92 Å². The number of amides is 1. The molecule has 1 aliphatic carbocycles. The molecule has 0 atom stereocenters. The summed E-state index contributed by atoms with van der Waals surface area (Å²) in [5, 5.41) is 10.0. The van der Waals surface area contributed by atoms with Crippen molar-refractivity contribution in [3.8, 4) is 0 Å². The Labute approximate surface area is 129 Å². The fourth-order valence-corrected chi connectivity index (χ4v) is 2.75. The highest BCUT2D eigenvalue weighted by Crippen LogP contribution is 2.20. The maximum atomic E-state index is 12.4. The van der Waals surface area contributed by atoms with E-state index in [9.17, 15) is 4.79 Å². The summed E-state index contributed by atoms with van der Waals surface area (Å²) < 4.78 is 5.07. The number of hydrogen-bond acceptors (Lipinski definition) is 5. The van der Waals surface area contributed by atoms with Gasteiger partial charge >= 0.3 is 0 Å². The van der Waals surface area contributed by atoms with E-state index in [4.69, 9.17) is 4.52 Å². The second-order valence-electron chi connectivity index (χ2n) is 5.59. The Morgan fingerprint density at radius 1 is 1.32 bits per heavy atom. The predicted molar refractivity (Wildman–Crippen MR) is 82.5 cm³/mol. The number of aryl methyl sites for hydroxylation is 1. The van der Waals surface area contributed by atoms with Crippen LogP contribution in [0.3, 0.4) is 0 Å². The van der Waals surface area contributed by atoms with Crippen LogP contribution in [0.1, 0.15) is 47.8 Å². The van der Waals surface area contributed by atoms with Gasteiger partial charge in [-0.15, -0.1) is 0 Å². The fourth-order valence-electron chi connectivity index (χ4n) is 2.75. The Hall–Kier alpha value is -2.37. The molecule has 0 saturated heterocycles. The van der Waals surface area contributed by atoms with E-state index in [1.165, 1.54) is 12.8 Å². The van der Waals surface area contributed by atoms with Gasteiger partial charge in [0.25, 0.3) is 5.91 Å². The maximum Gasteiger partial charge on any atom is 0.253 e. The second-order valence-corrected chi connectivity index (χ2v) is 5.59. The number of para-hydroxylation sites is 1. The van der Waals surface area contributed by atoms with Gasteiger partial charge in [0, 0.05) is 11.7 Å². The van der Waals surface area contributed by atoms with Crippen LogP contribution >= 0.6 is 0 Å². The zero-order valence-corrected chi connectivity index (χ0v) is 12.6. The SMILES string of the molecule is Cc1noc(CNc2ccccc2C(=O)NC2CCCC2)n1. The van der Waals surface area contributed by atoms with Crippen molar-refractivity contribution in [3.63, 3.8) is 0 Å². The molecule has 0 radical (unpaired) electrons. The van der Waals surface area contributed by atoms with E-state index in [0.717, 1.165) is 18.5 Å². The second kappa shape index (κ2) is 6.60. The highest BCUT2D eigenvalue weighted by atomic mass is 16.5. The summed E-state index contributed by atoms with van der Waals surface area (Å²) in [5.74, 6) is 1.07. The van der Waals surface area contributed by atoms with Gasteiger partial charge in [0.1, 0.15) is 0 Å². The first-order valence-corrected chi connectivity index (χ1v) is 7.65. The standard InChI is InChI=1S/C16H20N4O2/c1-11-18-15(22-20-11)10-17-14-9-5-4-8-13(14)16(21)19-12-6-2-3-7-12/h4-5,8-9,12,17H,2-3,6-7,10H2,1H3,(H,19,21). The zero-order valence-electron chi connectivity index (χ0n) is 12.6. The summed E-state index contributed by atoms with van der Waals surface area (Å²) in [6.07, 6.45) is 4.54. The number of rotatable bonds is 5. The molecule has 1 saturated carbocycles. The lowest BCUT2D eigenvalue weighted by molar-refractivity contribution is 0.0938. The highest BCUT2D eigenvalue weighted by molar-refractivity contribution is 5.99. The third-order valence-corrected chi connectivity index (χ3v) is 3.86. The molecule has 0 spiro atoms. The van der Waals surface area contributed by atoms with Crippen LogP contribution in [0.2, 0.25) is 0 Å². The van der Waals surface area contributed by atoms with Crippen LogP contribution < -0.4 is 10.6 Å². The van der Waals surface area contributed by atoms with Crippen molar-refractivity contribution in [1.29, 1.82) is 0 Å². The Kier molecular flexibility index (Phi) is 4.37. The molecule has 2 aromatic rings. The highest BCUT2D eigenvalue weighted by Gasteiger charge is 2.19. The van der Waals surface area contributed by atoms with E-state index in [0.29, 0.717) is 29.9 Å². The van der Waals surface area contributed by atoms with E-state index < -0.39 is 0 Å². The van der Waals surface area contributed by atoms with Gasteiger partial charge in [-0.25, -0.2) is 0 Å². The summed E-state index contributed by atoms with van der Waals surface area (Å²) in [7, 11) is 0. The van der Waals surface area contributed by atoms with Gasteiger partial charge in [0.2, 0.25) is 5.89 Å². The number of aromatic nitrogens is 2. The molecule has 6 nitrogen and oxygen atoms in total. The summed E-state index contributed by atoms with van der Waals surface area (Å²) in [4.78, 5) is 16.6. The summed E-state index contributed by atoms with van der Waals surface area (Å²) in [5.41, 5.74) is 1.42. The minimum Gasteiger partial charge on any atom is -0.375 e. The summed E-state index contributed by atoms with van der Waals surface area (Å²) in [6, 6.07) is 7.77. The topological polar surface area (TPSA) is 80.0 Å². The average Bonchev–Trinajstić information content (AvgIpc) is 3.17. The molecule has 1 amide bonds. The van der Waals surface area contributed by atoms with E-state index in [1.807, 2.05) is 24.3 Å². The number of carbonyl (C=O) groups is 1. The van der Waals surface area contributed by atoms with Gasteiger partial charge in [-0.2, -0.15) is 4.98 Å². The first-order chi connectivity index (χ1) is 10.7. The largest absolute Gasteiger partial charge is 0.375 e. The maximum absolute atomic E-state index is 12.4. The van der Waals surface area contributed by atoms with Crippen LogP contribution in [-0.4, -0.2) is 22.1 Å². The molecular weight excluding hydrogens is 280 g/mol. The van der Waals surface area contributed by atoms with Crippen molar-refractivity contribution in [3.05, 3.63) is 41.5 Å². The lowest BCUT2D eigenvalue weighted by atomic mass is 10.1. The third-order valence-electron chi connectivity index (χ3n) is 3.86. The minimum atomic E-state index is -0.0308. The van der Waals surface area contributed by atoms with Crippen LogP contribution in [-0.2, 0) is 6.54 Å². The number of carbonyl (C=O) groups excluding carboxylic acids is 1. The molecule has 0 unspecified atom stereocenters. The monoisotopic (exact) mass is 300 g/mol. The summed E-state index contributed by atoms with van der Waals surface area (Å²) >= 11 is 0. The van der Waals surface area contributed by atoms with Gasteiger partial charge in [0.05, 0.1) is 12.1 Å². The molecule has 1 heterocycles. The molecule has 2 N–H and O–H groups in total. The molecule has 0 bridgehead atoms. The van der Waals surface area contributed by atoms with E-state index in [2.05, 4.69) is 20.8 Å². The molecule has 0 aliphatic heterocycles. The Morgan fingerprint density at radius 2 is 2.09 bits per heavy atom. The molecule has 22 heavy (non-hydrogen) atoms. The van der Waals surface area contributed by atoms with Crippen molar-refractivity contribution in [2.24, 2.45) is 0 Å². The van der Waals surface area contributed by atoms with Gasteiger partial charge in [-0.1, -0.05) is 30.1 Å². The van der Waals surface area contributed by atoms with E-state index >= 15 is 0 Å². The Bertz CT molecular complexity index is 647. The molecule has 1 fully saturated rings. The van der Waals surface area contributed by atoms with E-state index in [-0.39, 0.29) is 5.91 Å². The number of nitrogens with zero attached hydrogens (tertiary/aromatic N) is 2. The van der Waals surface area contributed by atoms with Crippen molar-refractivity contribution in [2.45, 2.75) is 45.2 Å². The molecule has 3 rings (SSSR count). The fraction of sp³-hybridized carbons (Fsp3) is 0.438. The predicted octanol–water partition coefficient (Wildman–Crippen LogP) is 2.66. The minimum absolute atomic E-state index is 0.0308. The number of nitrogens with one attached hydrogen (secondary N) is 2. The number of benzene rings is 1. The van der Waals surface area contributed by atoms with Crippen LogP contribution in [0.25, 0.3) is 0 Å². The Morgan fingerprint density at radius 3 is 2.82 bits per heavy atom. The third kappa shape index (κ3) is 3.44. The number of hydrogen-bond donors (Lipinski definition) is 2. The Balaban J connectivity index is 1.67. The van der Waals surface area contributed by atoms with Gasteiger partial charge in [-0.05, 0) is 31.9 Å². The van der Waals surface area contributed by atoms with Crippen LogP contribution in [0.4, 0.5) is 5.69 Å². The molecule has 1 aromatic heterocycles. The molecule has 1 aliphatic rings. The van der Waals surface area contributed by atoms with Gasteiger partial charge in [0.15, 0.2) is 5.82 Å². The quantitative estimate of drug-likeness (QED) is 0.887. The van der Waals surface area contributed by atoms with Crippen molar-refractivity contribution in [1.82, 2.24) is 15.5 Å². The lowest BCUT2D eigenvalue weighted by Crippen LogP contribution is -2.33. The zero-order chi connectivity index (χ0) is 15.4. The van der Waals surface area contributed by atoms with Gasteiger partial charge < -0.3 is 15.2 Å². The number of anilines is 1. The lowest BCUT2D eigenvalue weighted by Gasteiger charge is -2.14. The smallest absolute Gasteiger partial charge is 0.253 e. The molecule has 6 heteroatoms. The first-order valence-electron chi connectivity index (χ1n) is 7.65. The molecule has 1 aromatic carbocycles. The van der Waals surface area contributed by atoms with Crippen LogP contribution in [0, 0.1) is 6.92 Å². The molecule has 116 valence electrons.